The molecular weight excluding hydrogens is 435 g/mol. The molecule has 0 bridgehead atoms. The Morgan fingerprint density at radius 1 is 0.970 bits per heavy atom. The first-order chi connectivity index (χ1) is 15.7. The second kappa shape index (κ2) is 8.73. The lowest BCUT2D eigenvalue weighted by Gasteiger charge is -2.10. The number of carbonyl (C=O) groups is 1. The largest absolute Gasteiger partial charge is 0.439 e. The number of halogens is 3. The van der Waals surface area contributed by atoms with E-state index < -0.39 is 17.6 Å². The molecule has 0 saturated carbocycles. The average molecular weight is 453 g/mol. The molecule has 0 aliphatic rings. The van der Waals surface area contributed by atoms with Crippen LogP contribution in [-0.2, 0) is 6.18 Å². The highest BCUT2D eigenvalue weighted by Crippen LogP contribution is 2.29. The van der Waals surface area contributed by atoms with E-state index in [1.165, 1.54) is 6.33 Å². The van der Waals surface area contributed by atoms with Gasteiger partial charge in [-0.1, -0.05) is 0 Å². The SMILES string of the molecule is Cc1cc(C)n(-c2cc(Oc3ccc(NC(=O)c4ccc(C(F)(F)F)cc4)cc3)ncn2)n1. The first-order valence-electron chi connectivity index (χ1n) is 9.81. The van der Waals surface area contributed by atoms with Gasteiger partial charge in [-0.05, 0) is 68.4 Å². The van der Waals surface area contributed by atoms with Crippen LogP contribution in [0.3, 0.4) is 0 Å². The number of carbonyl (C=O) groups excluding carboxylic acids is 1. The van der Waals surface area contributed by atoms with Crippen LogP contribution in [0.15, 0.2) is 67.0 Å². The normalized spacial score (nSPS) is 11.3. The molecule has 0 atom stereocenters. The number of aromatic nitrogens is 4. The summed E-state index contributed by atoms with van der Waals surface area (Å²) < 4.78 is 45.4. The van der Waals surface area contributed by atoms with E-state index in [1.807, 2.05) is 19.9 Å². The number of nitrogens with one attached hydrogen (secondary N) is 1. The summed E-state index contributed by atoms with van der Waals surface area (Å²) in [5, 5.41) is 7.02. The van der Waals surface area contributed by atoms with Crippen molar-refractivity contribution in [2.75, 3.05) is 5.32 Å². The van der Waals surface area contributed by atoms with Crippen molar-refractivity contribution in [3.63, 3.8) is 0 Å². The van der Waals surface area contributed by atoms with E-state index in [1.54, 1.807) is 35.0 Å². The second-order valence-corrected chi connectivity index (χ2v) is 7.21. The van der Waals surface area contributed by atoms with E-state index in [9.17, 15) is 18.0 Å². The van der Waals surface area contributed by atoms with Gasteiger partial charge in [0.25, 0.3) is 5.91 Å². The summed E-state index contributed by atoms with van der Waals surface area (Å²) in [5.41, 5.74) is 1.54. The molecule has 168 valence electrons. The number of hydrogen-bond acceptors (Lipinski definition) is 5. The maximum Gasteiger partial charge on any atom is 0.416 e. The van der Waals surface area contributed by atoms with Gasteiger partial charge in [0, 0.05) is 23.0 Å². The van der Waals surface area contributed by atoms with Crippen LogP contribution in [-0.4, -0.2) is 25.7 Å². The lowest BCUT2D eigenvalue weighted by atomic mass is 10.1. The highest BCUT2D eigenvalue weighted by Gasteiger charge is 2.30. The molecule has 0 radical (unpaired) electrons. The number of rotatable bonds is 5. The summed E-state index contributed by atoms with van der Waals surface area (Å²) in [7, 11) is 0. The van der Waals surface area contributed by atoms with Gasteiger partial charge in [0.1, 0.15) is 12.1 Å². The Kier molecular flexibility index (Phi) is 5.82. The molecule has 1 amide bonds. The Hall–Kier alpha value is -4.21. The molecule has 33 heavy (non-hydrogen) atoms. The number of nitrogens with zero attached hydrogens (tertiary/aromatic N) is 4. The van der Waals surface area contributed by atoms with Crippen molar-refractivity contribution >= 4 is 11.6 Å². The maximum absolute atomic E-state index is 12.7. The minimum atomic E-state index is -4.45. The molecule has 4 rings (SSSR count). The molecule has 0 unspecified atom stereocenters. The van der Waals surface area contributed by atoms with Crippen LogP contribution in [0.1, 0.15) is 27.3 Å². The number of aryl methyl sites for hydroxylation is 2. The third kappa shape index (κ3) is 5.17. The van der Waals surface area contributed by atoms with Gasteiger partial charge >= 0.3 is 6.18 Å². The predicted molar refractivity (Wildman–Crippen MR) is 115 cm³/mol. The molecule has 4 aromatic rings. The van der Waals surface area contributed by atoms with Crippen molar-refractivity contribution in [2.45, 2.75) is 20.0 Å². The second-order valence-electron chi connectivity index (χ2n) is 7.21. The zero-order chi connectivity index (χ0) is 23.6. The average Bonchev–Trinajstić information content (AvgIpc) is 3.13. The Morgan fingerprint density at radius 3 is 2.27 bits per heavy atom. The summed E-state index contributed by atoms with van der Waals surface area (Å²) in [5.74, 6) is 0.823. The molecule has 7 nitrogen and oxygen atoms in total. The van der Waals surface area contributed by atoms with Gasteiger partial charge in [0.05, 0.1) is 11.3 Å². The molecule has 2 aromatic carbocycles. The van der Waals surface area contributed by atoms with Gasteiger partial charge in [-0.25, -0.2) is 14.6 Å². The zero-order valence-corrected chi connectivity index (χ0v) is 17.6. The minimum Gasteiger partial charge on any atom is -0.439 e. The number of hydrogen-bond donors (Lipinski definition) is 1. The van der Waals surface area contributed by atoms with Crippen LogP contribution in [0.2, 0.25) is 0 Å². The van der Waals surface area contributed by atoms with E-state index in [2.05, 4.69) is 20.4 Å². The van der Waals surface area contributed by atoms with Gasteiger partial charge in [-0.2, -0.15) is 18.3 Å². The smallest absolute Gasteiger partial charge is 0.416 e. The minimum absolute atomic E-state index is 0.112. The fourth-order valence-corrected chi connectivity index (χ4v) is 3.10. The number of alkyl halides is 3. The monoisotopic (exact) mass is 453 g/mol. The quantitative estimate of drug-likeness (QED) is 0.441. The van der Waals surface area contributed by atoms with Gasteiger partial charge in [0.15, 0.2) is 5.82 Å². The van der Waals surface area contributed by atoms with Crippen LogP contribution in [0.5, 0.6) is 11.6 Å². The fourth-order valence-electron chi connectivity index (χ4n) is 3.10. The summed E-state index contributed by atoms with van der Waals surface area (Å²) in [6.07, 6.45) is -3.08. The molecule has 0 spiro atoms. The highest BCUT2D eigenvalue weighted by atomic mass is 19.4. The van der Waals surface area contributed by atoms with Crippen molar-refractivity contribution in [2.24, 2.45) is 0 Å². The Bertz CT molecular complexity index is 1280. The first-order valence-corrected chi connectivity index (χ1v) is 9.81. The standard InChI is InChI=1S/C23H18F3N5O2/c1-14-11-15(2)31(30-14)20-12-21(28-13-27-20)33-19-9-7-18(8-10-19)29-22(32)16-3-5-17(6-4-16)23(24,25)26/h3-13H,1-2H3,(H,29,32). The molecule has 10 heteroatoms. The van der Waals surface area contributed by atoms with Crippen LogP contribution >= 0.6 is 0 Å². The van der Waals surface area contributed by atoms with Crippen molar-refractivity contribution < 1.29 is 22.7 Å². The van der Waals surface area contributed by atoms with Crippen molar-refractivity contribution in [1.82, 2.24) is 19.7 Å². The third-order valence-electron chi connectivity index (χ3n) is 4.66. The summed E-state index contributed by atoms with van der Waals surface area (Å²) >= 11 is 0. The summed E-state index contributed by atoms with van der Waals surface area (Å²) in [6, 6.07) is 14.1. The highest BCUT2D eigenvalue weighted by molar-refractivity contribution is 6.04. The maximum atomic E-state index is 12.7. The molecule has 2 heterocycles. The van der Waals surface area contributed by atoms with E-state index in [-0.39, 0.29) is 5.56 Å². The number of benzene rings is 2. The van der Waals surface area contributed by atoms with E-state index >= 15 is 0 Å². The predicted octanol–water partition coefficient (Wildman–Crippen LogP) is 5.34. The Balaban J connectivity index is 1.42. The van der Waals surface area contributed by atoms with Gasteiger partial charge in [0.2, 0.25) is 5.88 Å². The number of anilines is 1. The van der Waals surface area contributed by atoms with Crippen LogP contribution in [0, 0.1) is 13.8 Å². The van der Waals surface area contributed by atoms with Crippen LogP contribution in [0.25, 0.3) is 5.82 Å². The topological polar surface area (TPSA) is 81.9 Å². The first kappa shape index (κ1) is 22.0. The van der Waals surface area contributed by atoms with E-state index in [0.29, 0.717) is 23.1 Å². The lowest BCUT2D eigenvalue weighted by molar-refractivity contribution is -0.137. The van der Waals surface area contributed by atoms with Crippen molar-refractivity contribution in [1.29, 1.82) is 0 Å². The molecule has 1 N–H and O–H groups in total. The van der Waals surface area contributed by atoms with Crippen molar-refractivity contribution in [3.8, 4) is 17.4 Å². The number of ether oxygens (including phenoxy) is 1. The number of amides is 1. The third-order valence-corrected chi connectivity index (χ3v) is 4.66. The van der Waals surface area contributed by atoms with E-state index in [0.717, 1.165) is 35.7 Å². The molecule has 0 aliphatic carbocycles. The van der Waals surface area contributed by atoms with Crippen LogP contribution < -0.4 is 10.1 Å². The fraction of sp³-hybridized carbons (Fsp3) is 0.130. The molecule has 0 saturated heterocycles. The van der Waals surface area contributed by atoms with E-state index in [4.69, 9.17) is 4.74 Å². The molecule has 0 aliphatic heterocycles. The molecule has 2 aromatic heterocycles. The molecule has 0 fully saturated rings. The lowest BCUT2D eigenvalue weighted by Crippen LogP contribution is -2.12. The van der Waals surface area contributed by atoms with Crippen LogP contribution in [0.4, 0.5) is 18.9 Å². The van der Waals surface area contributed by atoms with Gasteiger partial charge in [-0.3, -0.25) is 4.79 Å². The molecular formula is C23H18F3N5O2. The Morgan fingerprint density at radius 2 is 1.67 bits per heavy atom. The summed E-state index contributed by atoms with van der Waals surface area (Å²) in [4.78, 5) is 20.6. The Labute approximate surface area is 186 Å². The zero-order valence-electron chi connectivity index (χ0n) is 17.6. The summed E-state index contributed by atoms with van der Waals surface area (Å²) in [6.45, 7) is 3.81. The van der Waals surface area contributed by atoms with Gasteiger partial charge < -0.3 is 10.1 Å². The van der Waals surface area contributed by atoms with Crippen molar-refractivity contribution in [3.05, 3.63) is 89.5 Å². The van der Waals surface area contributed by atoms with Gasteiger partial charge in [-0.15, -0.1) is 0 Å².